The molecular weight excluding hydrogens is 377 g/mol. The van der Waals surface area contributed by atoms with Gasteiger partial charge < -0.3 is 9.14 Å². The summed E-state index contributed by atoms with van der Waals surface area (Å²) in [5.74, 6) is -0.452. The number of fused-ring (bicyclic) bond motifs is 3. The van der Waals surface area contributed by atoms with E-state index in [1.54, 1.807) is 19.1 Å². The van der Waals surface area contributed by atoms with E-state index < -0.39 is 0 Å². The van der Waals surface area contributed by atoms with Gasteiger partial charge in [0.05, 0.1) is 12.1 Å². The van der Waals surface area contributed by atoms with Crippen molar-refractivity contribution in [3.63, 3.8) is 0 Å². The summed E-state index contributed by atoms with van der Waals surface area (Å²) in [6.45, 7) is 6.38. The maximum Gasteiger partial charge on any atom is 0.330 e. The first-order valence-electron chi connectivity index (χ1n) is 10.2. The van der Waals surface area contributed by atoms with Gasteiger partial charge in [-0.2, -0.15) is 0 Å². The summed E-state index contributed by atoms with van der Waals surface area (Å²) in [5, 5.41) is 2.24. The first kappa shape index (κ1) is 19.9. The average molecular weight is 401 g/mol. The Morgan fingerprint density at radius 3 is 2.53 bits per heavy atom. The van der Waals surface area contributed by atoms with Crippen molar-refractivity contribution in [1.29, 1.82) is 0 Å². The van der Waals surface area contributed by atoms with E-state index in [0.29, 0.717) is 6.61 Å². The van der Waals surface area contributed by atoms with Crippen molar-refractivity contribution in [3.05, 3.63) is 83.9 Å². The lowest BCUT2D eigenvalue weighted by molar-refractivity contribution is -0.137. The third kappa shape index (κ3) is 3.50. The molecule has 3 nitrogen and oxygen atoms in total. The third-order valence-electron chi connectivity index (χ3n) is 5.25. The Labute approximate surface area is 175 Å². The van der Waals surface area contributed by atoms with Gasteiger partial charge in [-0.3, -0.25) is 0 Å². The molecule has 2 aromatic heterocycles. The van der Waals surface area contributed by atoms with E-state index in [1.165, 1.54) is 18.2 Å². The Hall–Kier alpha value is -3.40. The lowest BCUT2D eigenvalue weighted by Crippen LogP contribution is -2.00. The molecule has 0 spiro atoms. The highest BCUT2D eigenvalue weighted by Gasteiger charge is 2.22. The van der Waals surface area contributed by atoms with E-state index in [1.807, 2.05) is 18.2 Å². The molecule has 4 heteroatoms. The highest BCUT2D eigenvalue weighted by atomic mass is 19.1. The van der Waals surface area contributed by atoms with Crippen molar-refractivity contribution < 1.29 is 13.9 Å². The summed E-state index contributed by atoms with van der Waals surface area (Å²) in [6, 6.07) is 16.8. The summed E-state index contributed by atoms with van der Waals surface area (Å²) in [5.41, 5.74) is 4.97. The van der Waals surface area contributed by atoms with Crippen LogP contribution >= 0.6 is 0 Å². The highest BCUT2D eigenvalue weighted by molar-refractivity contribution is 6.07. The molecule has 2 aromatic carbocycles. The van der Waals surface area contributed by atoms with E-state index in [-0.39, 0.29) is 17.7 Å². The van der Waals surface area contributed by atoms with Crippen molar-refractivity contribution in [2.24, 2.45) is 0 Å². The van der Waals surface area contributed by atoms with Gasteiger partial charge in [-0.1, -0.05) is 50.2 Å². The van der Waals surface area contributed by atoms with Gasteiger partial charge >= 0.3 is 5.97 Å². The van der Waals surface area contributed by atoms with Crippen LogP contribution in [0, 0.1) is 5.82 Å². The molecule has 0 aliphatic heterocycles. The van der Waals surface area contributed by atoms with Crippen molar-refractivity contribution in [3.8, 4) is 11.1 Å². The van der Waals surface area contributed by atoms with Gasteiger partial charge in [-0.15, -0.1) is 0 Å². The van der Waals surface area contributed by atoms with Crippen molar-refractivity contribution in [2.75, 3.05) is 6.61 Å². The number of hydrogen-bond acceptors (Lipinski definition) is 2. The molecule has 4 aromatic rings. The van der Waals surface area contributed by atoms with Gasteiger partial charge in [-0.25, -0.2) is 9.18 Å². The lowest BCUT2D eigenvalue weighted by atomic mass is 9.96. The molecule has 152 valence electrons. The molecule has 30 heavy (non-hydrogen) atoms. The molecule has 0 bridgehead atoms. The van der Waals surface area contributed by atoms with Crippen molar-refractivity contribution in [2.45, 2.75) is 26.7 Å². The molecule has 0 saturated heterocycles. The predicted molar refractivity (Wildman–Crippen MR) is 120 cm³/mol. The van der Waals surface area contributed by atoms with Crippen molar-refractivity contribution >= 4 is 28.3 Å². The Kier molecular flexibility index (Phi) is 5.40. The minimum Gasteiger partial charge on any atom is -0.463 e. The van der Waals surface area contributed by atoms with Gasteiger partial charge in [0.2, 0.25) is 0 Å². The number of aromatic nitrogens is 1. The number of benzene rings is 2. The summed E-state index contributed by atoms with van der Waals surface area (Å²) >= 11 is 0. The summed E-state index contributed by atoms with van der Waals surface area (Å²) in [4.78, 5) is 12.1. The Morgan fingerprint density at radius 2 is 1.83 bits per heavy atom. The fraction of sp³-hybridized carbons (Fsp3) is 0.192. The number of nitrogens with zero attached hydrogens (tertiary/aromatic N) is 1. The maximum atomic E-state index is 13.7. The number of halogens is 1. The number of hydrogen-bond donors (Lipinski definition) is 0. The fourth-order valence-corrected chi connectivity index (χ4v) is 4.07. The van der Waals surface area contributed by atoms with Crippen LogP contribution in [0.25, 0.3) is 33.5 Å². The van der Waals surface area contributed by atoms with Crippen LogP contribution in [0.5, 0.6) is 0 Å². The number of pyridine rings is 1. The zero-order chi connectivity index (χ0) is 21.3. The normalized spacial score (nSPS) is 11.8. The Balaban J connectivity index is 2.12. The molecule has 4 rings (SSSR count). The van der Waals surface area contributed by atoms with Gasteiger partial charge in [0.1, 0.15) is 5.82 Å². The molecular formula is C26H24FNO2. The second-order valence-corrected chi connectivity index (χ2v) is 7.54. The SMILES string of the molecule is CCOC(=O)/C=C/c1c(-c2ccc(F)cc2)c2c3ccccc3ccn2c1C(C)C. The number of carbonyl (C=O) groups excluding carboxylic acids is 1. The van der Waals surface area contributed by atoms with Crippen LogP contribution in [0.2, 0.25) is 0 Å². The van der Waals surface area contributed by atoms with Gasteiger partial charge in [-0.05, 0) is 48.1 Å². The smallest absolute Gasteiger partial charge is 0.330 e. The van der Waals surface area contributed by atoms with E-state index in [4.69, 9.17) is 4.74 Å². The summed E-state index contributed by atoms with van der Waals surface area (Å²) < 4.78 is 20.9. The molecule has 0 N–H and O–H groups in total. The van der Waals surface area contributed by atoms with E-state index in [2.05, 4.69) is 42.6 Å². The average Bonchev–Trinajstić information content (AvgIpc) is 3.08. The Bertz CT molecular complexity index is 1250. The molecule has 2 heterocycles. The monoisotopic (exact) mass is 401 g/mol. The molecule has 0 amide bonds. The first-order chi connectivity index (χ1) is 14.5. The van der Waals surface area contributed by atoms with Gasteiger partial charge in [0.25, 0.3) is 0 Å². The van der Waals surface area contributed by atoms with Crippen LogP contribution in [0.4, 0.5) is 4.39 Å². The van der Waals surface area contributed by atoms with Crippen LogP contribution in [-0.4, -0.2) is 17.0 Å². The second-order valence-electron chi connectivity index (χ2n) is 7.54. The standard InChI is InChI=1S/C26H24FNO2/c1-4-30-23(29)14-13-22-24(19-9-11-20(27)12-10-19)26-21-8-6-5-7-18(21)15-16-28(26)25(22)17(2)3/h5-17H,4H2,1-3H3/b14-13+. The van der Waals surface area contributed by atoms with E-state index in [0.717, 1.165) is 38.7 Å². The first-order valence-corrected chi connectivity index (χ1v) is 10.2. The van der Waals surface area contributed by atoms with Crippen LogP contribution in [0.3, 0.4) is 0 Å². The lowest BCUT2D eigenvalue weighted by Gasteiger charge is -2.09. The number of rotatable bonds is 5. The molecule has 0 radical (unpaired) electrons. The second kappa shape index (κ2) is 8.15. The number of carbonyl (C=O) groups is 1. The van der Waals surface area contributed by atoms with E-state index >= 15 is 0 Å². The van der Waals surface area contributed by atoms with Gasteiger partial charge in [0.15, 0.2) is 0 Å². The van der Waals surface area contributed by atoms with Crippen LogP contribution in [-0.2, 0) is 9.53 Å². The quantitative estimate of drug-likeness (QED) is 0.279. The summed E-state index contributed by atoms with van der Waals surface area (Å²) in [6.07, 6.45) is 5.37. The minimum atomic E-state index is -0.377. The molecule has 0 atom stereocenters. The van der Waals surface area contributed by atoms with Crippen LogP contribution in [0.15, 0.2) is 66.9 Å². The Morgan fingerprint density at radius 1 is 1.10 bits per heavy atom. The predicted octanol–water partition coefficient (Wildman–Crippen LogP) is 6.60. The highest BCUT2D eigenvalue weighted by Crippen LogP contribution is 2.40. The summed E-state index contributed by atoms with van der Waals surface area (Å²) in [7, 11) is 0. The van der Waals surface area contributed by atoms with Gasteiger partial charge in [0, 0.05) is 34.5 Å². The number of esters is 1. The number of ether oxygens (including phenoxy) is 1. The van der Waals surface area contributed by atoms with E-state index in [9.17, 15) is 9.18 Å². The largest absolute Gasteiger partial charge is 0.463 e. The molecule has 0 saturated carbocycles. The molecule has 0 fully saturated rings. The zero-order valence-corrected chi connectivity index (χ0v) is 17.4. The fourth-order valence-electron chi connectivity index (χ4n) is 4.07. The van der Waals surface area contributed by atoms with Crippen molar-refractivity contribution in [1.82, 2.24) is 4.40 Å². The zero-order valence-electron chi connectivity index (χ0n) is 17.4. The minimum absolute atomic E-state index is 0.203. The van der Waals surface area contributed by atoms with Crippen LogP contribution in [0.1, 0.15) is 37.9 Å². The van der Waals surface area contributed by atoms with Crippen LogP contribution < -0.4 is 0 Å². The third-order valence-corrected chi connectivity index (χ3v) is 5.25. The molecule has 0 unspecified atom stereocenters. The topological polar surface area (TPSA) is 30.7 Å². The molecule has 0 aliphatic carbocycles. The molecule has 0 aliphatic rings. The maximum absolute atomic E-state index is 13.7.